The van der Waals surface area contributed by atoms with Crippen LogP contribution in [0.5, 0.6) is 0 Å². The van der Waals surface area contributed by atoms with Gasteiger partial charge >= 0.3 is 5.97 Å². The minimum atomic E-state index is -0.246. The quantitative estimate of drug-likeness (QED) is 0.393. The zero-order chi connectivity index (χ0) is 16.1. The lowest BCUT2D eigenvalue weighted by atomic mass is 10.1. The third-order valence-electron chi connectivity index (χ3n) is 3.59. The Balaban J connectivity index is 2.14. The van der Waals surface area contributed by atoms with Crippen molar-refractivity contribution >= 4 is 44.6 Å². The van der Waals surface area contributed by atoms with Gasteiger partial charge in [-0.2, -0.15) is 0 Å². The number of methoxy groups -OCH3 is 1. The fourth-order valence-corrected chi connectivity index (χ4v) is 5.27. The zero-order valence-corrected chi connectivity index (χ0v) is 16.4. The van der Waals surface area contributed by atoms with E-state index in [4.69, 9.17) is 4.74 Å². The summed E-state index contributed by atoms with van der Waals surface area (Å²) in [6.07, 6.45) is 6.21. The van der Waals surface area contributed by atoms with Crippen LogP contribution in [0.2, 0.25) is 0 Å². The fraction of sp³-hybridized carbons (Fsp3) is 0.471. The molecular weight excluding hydrogens is 380 g/mol. The van der Waals surface area contributed by atoms with Gasteiger partial charge in [0.25, 0.3) is 0 Å². The molecule has 0 saturated heterocycles. The lowest BCUT2D eigenvalue weighted by Gasteiger charge is -1.98. The second-order valence-electron chi connectivity index (χ2n) is 5.33. The van der Waals surface area contributed by atoms with Crippen LogP contribution in [0, 0.1) is 6.92 Å². The monoisotopic (exact) mass is 400 g/mol. The second-order valence-corrected chi connectivity index (χ2v) is 8.76. The summed E-state index contributed by atoms with van der Waals surface area (Å²) in [4.78, 5) is 14.8. The average Bonchev–Trinajstić information content (AvgIpc) is 3.06. The van der Waals surface area contributed by atoms with Gasteiger partial charge in [-0.25, -0.2) is 4.79 Å². The normalized spacial score (nSPS) is 10.9. The highest BCUT2D eigenvalue weighted by Gasteiger charge is 2.17. The predicted molar refractivity (Wildman–Crippen MR) is 99.3 cm³/mol. The molecule has 2 rings (SSSR count). The Hall–Kier alpha value is -0.650. The summed E-state index contributed by atoms with van der Waals surface area (Å²) < 4.78 is 6.05. The van der Waals surface area contributed by atoms with Gasteiger partial charge in [-0.1, -0.05) is 26.2 Å². The molecule has 0 bridgehead atoms. The lowest BCUT2D eigenvalue weighted by Crippen LogP contribution is -1.99. The Morgan fingerprint density at radius 1 is 1.18 bits per heavy atom. The van der Waals surface area contributed by atoms with Crippen molar-refractivity contribution in [2.24, 2.45) is 0 Å². The Bertz CT molecular complexity index is 643. The fourth-order valence-electron chi connectivity index (χ4n) is 2.34. The maximum Gasteiger partial charge on any atom is 0.348 e. The van der Waals surface area contributed by atoms with Crippen molar-refractivity contribution in [1.29, 1.82) is 0 Å². The molecule has 0 aromatic carbocycles. The van der Waals surface area contributed by atoms with Gasteiger partial charge in [-0.15, -0.1) is 22.7 Å². The highest BCUT2D eigenvalue weighted by molar-refractivity contribution is 9.11. The molecule has 0 N–H and O–H groups in total. The van der Waals surface area contributed by atoms with Crippen molar-refractivity contribution in [2.75, 3.05) is 7.11 Å². The summed E-state index contributed by atoms with van der Waals surface area (Å²) in [5, 5.41) is 0. The van der Waals surface area contributed by atoms with Crippen LogP contribution >= 0.6 is 38.6 Å². The van der Waals surface area contributed by atoms with Crippen molar-refractivity contribution in [3.63, 3.8) is 0 Å². The van der Waals surface area contributed by atoms with E-state index in [0.717, 1.165) is 16.9 Å². The van der Waals surface area contributed by atoms with Crippen molar-refractivity contribution in [1.82, 2.24) is 0 Å². The number of aryl methyl sites for hydroxylation is 2. The summed E-state index contributed by atoms with van der Waals surface area (Å²) >= 11 is 6.94. The van der Waals surface area contributed by atoms with Crippen LogP contribution in [-0.2, 0) is 11.2 Å². The van der Waals surface area contributed by atoms with E-state index in [9.17, 15) is 4.79 Å². The molecule has 22 heavy (non-hydrogen) atoms. The molecule has 2 aromatic heterocycles. The molecule has 0 amide bonds. The van der Waals surface area contributed by atoms with E-state index in [0.29, 0.717) is 4.88 Å². The molecule has 2 nitrogen and oxygen atoms in total. The van der Waals surface area contributed by atoms with Crippen LogP contribution < -0.4 is 0 Å². The van der Waals surface area contributed by atoms with Gasteiger partial charge in [0, 0.05) is 9.75 Å². The number of halogens is 1. The van der Waals surface area contributed by atoms with E-state index >= 15 is 0 Å². The first kappa shape index (κ1) is 17.7. The highest BCUT2D eigenvalue weighted by Crippen LogP contribution is 2.40. The lowest BCUT2D eigenvalue weighted by molar-refractivity contribution is 0.0605. The zero-order valence-electron chi connectivity index (χ0n) is 13.2. The molecule has 5 heteroatoms. The van der Waals surface area contributed by atoms with Gasteiger partial charge in [0.15, 0.2) is 0 Å². The number of carbonyl (C=O) groups excluding carboxylic acids is 1. The molecule has 0 fully saturated rings. The van der Waals surface area contributed by atoms with Crippen LogP contribution in [-0.4, -0.2) is 13.1 Å². The van der Waals surface area contributed by atoms with Gasteiger partial charge in [-0.3, -0.25) is 0 Å². The maximum absolute atomic E-state index is 11.7. The van der Waals surface area contributed by atoms with Gasteiger partial charge in [0.1, 0.15) is 4.88 Å². The largest absolute Gasteiger partial charge is 0.465 e. The van der Waals surface area contributed by atoms with Crippen molar-refractivity contribution in [3.8, 4) is 9.75 Å². The maximum atomic E-state index is 11.7. The molecule has 2 heterocycles. The standard InChI is InChI=1S/C17H21BrO2S2/c1-4-5-6-7-8-12-10-14(22-16(12)18)13-9-11(2)15(21-13)17(19)20-3/h9-10H,4-8H2,1-3H3. The van der Waals surface area contributed by atoms with Crippen molar-refractivity contribution in [2.45, 2.75) is 46.0 Å². The smallest absolute Gasteiger partial charge is 0.348 e. The summed E-state index contributed by atoms with van der Waals surface area (Å²) in [6, 6.07) is 4.34. The Kier molecular flexibility index (Phi) is 6.66. The molecule has 0 spiro atoms. The van der Waals surface area contributed by atoms with Gasteiger partial charge in [0.05, 0.1) is 10.9 Å². The van der Waals surface area contributed by atoms with Crippen LogP contribution in [0.25, 0.3) is 9.75 Å². The number of unbranched alkanes of at least 4 members (excludes halogenated alkanes) is 3. The molecule has 0 aliphatic carbocycles. The minimum absolute atomic E-state index is 0.246. The Labute approximate surface area is 148 Å². The van der Waals surface area contributed by atoms with Gasteiger partial charge < -0.3 is 4.74 Å². The Morgan fingerprint density at radius 2 is 1.91 bits per heavy atom. The number of carbonyl (C=O) groups is 1. The van der Waals surface area contributed by atoms with E-state index in [1.165, 1.54) is 58.4 Å². The average molecular weight is 401 g/mol. The number of hydrogen-bond acceptors (Lipinski definition) is 4. The molecule has 0 atom stereocenters. The third kappa shape index (κ3) is 4.21. The first-order chi connectivity index (χ1) is 10.6. The van der Waals surface area contributed by atoms with E-state index in [2.05, 4.69) is 35.0 Å². The summed E-state index contributed by atoms with van der Waals surface area (Å²) in [6.45, 7) is 4.19. The molecular formula is C17H21BrO2S2. The van der Waals surface area contributed by atoms with Crippen LogP contribution in [0.4, 0.5) is 0 Å². The van der Waals surface area contributed by atoms with E-state index in [1.807, 2.05) is 6.92 Å². The van der Waals surface area contributed by atoms with Crippen molar-refractivity contribution < 1.29 is 9.53 Å². The van der Waals surface area contributed by atoms with Crippen LogP contribution in [0.3, 0.4) is 0 Å². The summed E-state index contributed by atoms with van der Waals surface area (Å²) in [5.74, 6) is -0.246. The Morgan fingerprint density at radius 3 is 2.59 bits per heavy atom. The minimum Gasteiger partial charge on any atom is -0.465 e. The van der Waals surface area contributed by atoms with E-state index in [-0.39, 0.29) is 5.97 Å². The van der Waals surface area contributed by atoms with E-state index < -0.39 is 0 Å². The number of rotatable bonds is 7. The highest BCUT2D eigenvalue weighted by atomic mass is 79.9. The summed E-state index contributed by atoms with van der Waals surface area (Å²) in [7, 11) is 1.43. The first-order valence-corrected chi connectivity index (χ1v) is 9.96. The first-order valence-electron chi connectivity index (χ1n) is 7.54. The van der Waals surface area contributed by atoms with Gasteiger partial charge in [0.2, 0.25) is 0 Å². The topological polar surface area (TPSA) is 26.3 Å². The number of ether oxygens (including phenoxy) is 1. The number of esters is 1. The molecule has 120 valence electrons. The van der Waals surface area contributed by atoms with Crippen molar-refractivity contribution in [3.05, 3.63) is 31.9 Å². The SMILES string of the molecule is CCCCCCc1cc(-c2cc(C)c(C(=O)OC)s2)sc1Br. The molecule has 0 aliphatic rings. The summed E-state index contributed by atoms with van der Waals surface area (Å²) in [5.41, 5.74) is 2.36. The molecule has 0 saturated carbocycles. The van der Waals surface area contributed by atoms with Crippen LogP contribution in [0.15, 0.2) is 15.9 Å². The molecule has 0 radical (unpaired) electrons. The van der Waals surface area contributed by atoms with E-state index in [1.54, 1.807) is 11.3 Å². The van der Waals surface area contributed by atoms with Crippen LogP contribution in [0.1, 0.15) is 53.4 Å². The molecule has 0 unspecified atom stereocenters. The molecule has 2 aromatic rings. The molecule has 0 aliphatic heterocycles. The number of hydrogen-bond donors (Lipinski definition) is 0. The van der Waals surface area contributed by atoms with Gasteiger partial charge in [-0.05, 0) is 59.0 Å². The number of thiophene rings is 2. The predicted octanol–water partition coefficient (Wildman–Crippen LogP) is 6.46. The third-order valence-corrected chi connectivity index (χ3v) is 6.96. The second kappa shape index (κ2) is 8.27.